The van der Waals surface area contributed by atoms with Crippen molar-refractivity contribution in [1.29, 1.82) is 0 Å². The van der Waals surface area contributed by atoms with E-state index in [9.17, 15) is 14.0 Å². The van der Waals surface area contributed by atoms with Gasteiger partial charge in [0.25, 0.3) is 0 Å². The Kier molecular flexibility index (Phi) is 5.10. The first-order valence-corrected chi connectivity index (χ1v) is 5.34. The third-order valence-corrected chi connectivity index (χ3v) is 2.28. The lowest BCUT2D eigenvalue weighted by atomic mass is 10.2. The maximum atomic E-state index is 13.0. The third kappa shape index (κ3) is 4.40. The van der Waals surface area contributed by atoms with Crippen LogP contribution in [0.25, 0.3) is 0 Å². The minimum Gasteiger partial charge on any atom is -0.496 e. The van der Waals surface area contributed by atoms with Crippen molar-refractivity contribution in [3.05, 3.63) is 29.6 Å². The van der Waals surface area contributed by atoms with E-state index in [1.807, 2.05) is 0 Å². The number of aliphatic carboxylic acids is 1. The summed E-state index contributed by atoms with van der Waals surface area (Å²) in [5, 5.41) is 10.9. The van der Waals surface area contributed by atoms with Gasteiger partial charge in [0, 0.05) is 18.5 Å². The number of rotatable bonds is 6. The fourth-order valence-corrected chi connectivity index (χ4v) is 1.39. The molecular formula is C12H14FNO4. The van der Waals surface area contributed by atoms with Crippen molar-refractivity contribution in [2.75, 3.05) is 7.11 Å². The first-order chi connectivity index (χ1) is 8.52. The van der Waals surface area contributed by atoms with Crippen LogP contribution in [0.5, 0.6) is 5.75 Å². The lowest BCUT2D eigenvalue weighted by Gasteiger charge is -2.09. The van der Waals surface area contributed by atoms with Crippen molar-refractivity contribution in [1.82, 2.24) is 5.32 Å². The van der Waals surface area contributed by atoms with Crippen molar-refractivity contribution >= 4 is 11.9 Å². The monoisotopic (exact) mass is 255 g/mol. The summed E-state index contributed by atoms with van der Waals surface area (Å²) in [6.07, 6.45) is -0.334. The molecule has 0 bridgehead atoms. The third-order valence-electron chi connectivity index (χ3n) is 2.28. The summed E-state index contributed by atoms with van der Waals surface area (Å²) in [6, 6.07) is 3.99. The quantitative estimate of drug-likeness (QED) is 0.803. The molecular weight excluding hydrogens is 241 g/mol. The molecule has 1 aromatic rings. The zero-order valence-electron chi connectivity index (χ0n) is 9.90. The van der Waals surface area contributed by atoms with Crippen molar-refractivity contribution in [2.24, 2.45) is 0 Å². The molecule has 1 amide bonds. The van der Waals surface area contributed by atoms with Crippen LogP contribution in [0.2, 0.25) is 0 Å². The smallest absolute Gasteiger partial charge is 0.303 e. The van der Waals surface area contributed by atoms with Gasteiger partial charge in [0.15, 0.2) is 0 Å². The number of carboxylic acid groups (broad SMARTS) is 1. The predicted molar refractivity (Wildman–Crippen MR) is 61.7 cm³/mol. The summed E-state index contributed by atoms with van der Waals surface area (Å²) in [4.78, 5) is 21.6. The molecule has 0 heterocycles. The van der Waals surface area contributed by atoms with E-state index in [-0.39, 0.29) is 19.4 Å². The van der Waals surface area contributed by atoms with Gasteiger partial charge in [-0.15, -0.1) is 0 Å². The predicted octanol–water partition coefficient (Wildman–Crippen LogP) is 1.32. The summed E-state index contributed by atoms with van der Waals surface area (Å²) in [5.74, 6) is -1.39. The van der Waals surface area contributed by atoms with E-state index in [1.54, 1.807) is 0 Å². The maximum Gasteiger partial charge on any atom is 0.303 e. The van der Waals surface area contributed by atoms with Crippen molar-refractivity contribution < 1.29 is 23.8 Å². The molecule has 0 aromatic heterocycles. The van der Waals surface area contributed by atoms with Crippen molar-refractivity contribution in [2.45, 2.75) is 19.4 Å². The van der Waals surface area contributed by atoms with Crippen LogP contribution in [0.3, 0.4) is 0 Å². The minimum atomic E-state index is -1.03. The molecule has 0 saturated carbocycles. The number of methoxy groups -OCH3 is 1. The molecule has 0 unspecified atom stereocenters. The second-order valence-electron chi connectivity index (χ2n) is 3.63. The largest absolute Gasteiger partial charge is 0.496 e. The Labute approximate surface area is 104 Å². The first-order valence-electron chi connectivity index (χ1n) is 5.34. The fraction of sp³-hybridized carbons (Fsp3) is 0.333. The van der Waals surface area contributed by atoms with E-state index in [0.29, 0.717) is 11.3 Å². The molecule has 0 atom stereocenters. The van der Waals surface area contributed by atoms with Gasteiger partial charge in [0.2, 0.25) is 5.91 Å². The van der Waals surface area contributed by atoms with Crippen LogP contribution >= 0.6 is 0 Å². The summed E-state index contributed by atoms with van der Waals surface area (Å²) in [5.41, 5.74) is 0.501. The topological polar surface area (TPSA) is 75.6 Å². The Morgan fingerprint density at radius 1 is 1.39 bits per heavy atom. The molecule has 5 nitrogen and oxygen atoms in total. The molecule has 0 aliphatic heterocycles. The van der Waals surface area contributed by atoms with Crippen molar-refractivity contribution in [3.63, 3.8) is 0 Å². The van der Waals surface area contributed by atoms with Crippen LogP contribution < -0.4 is 10.1 Å². The van der Waals surface area contributed by atoms with Crippen LogP contribution in [-0.4, -0.2) is 24.1 Å². The van der Waals surface area contributed by atoms with Crippen LogP contribution in [0.15, 0.2) is 18.2 Å². The van der Waals surface area contributed by atoms with Crippen molar-refractivity contribution in [3.8, 4) is 5.75 Å². The number of nitrogens with one attached hydrogen (secondary N) is 1. The number of carbonyl (C=O) groups excluding carboxylic acids is 1. The molecule has 98 valence electrons. The molecule has 0 radical (unpaired) electrons. The molecule has 1 aromatic carbocycles. The molecule has 0 fully saturated rings. The Bertz CT molecular complexity index is 448. The zero-order chi connectivity index (χ0) is 13.5. The average molecular weight is 255 g/mol. The summed E-state index contributed by atoms with van der Waals surface area (Å²) >= 11 is 0. The van der Waals surface area contributed by atoms with Gasteiger partial charge in [-0.1, -0.05) is 0 Å². The standard InChI is InChI=1S/C12H14FNO4/c1-18-10-3-2-9(13)6-8(10)7-14-11(15)4-5-12(16)17/h2-3,6H,4-5,7H2,1H3,(H,14,15)(H,16,17). The van der Waals surface area contributed by atoms with E-state index in [4.69, 9.17) is 9.84 Å². The van der Waals surface area contributed by atoms with Crippen LogP contribution in [0.1, 0.15) is 18.4 Å². The first kappa shape index (κ1) is 14.0. The van der Waals surface area contributed by atoms with Gasteiger partial charge >= 0.3 is 5.97 Å². The Morgan fingerprint density at radius 2 is 2.11 bits per heavy atom. The number of carbonyl (C=O) groups is 2. The number of benzene rings is 1. The number of hydrogen-bond acceptors (Lipinski definition) is 3. The summed E-state index contributed by atoms with van der Waals surface area (Å²) in [7, 11) is 1.45. The fourth-order valence-electron chi connectivity index (χ4n) is 1.39. The van der Waals surface area contributed by atoms with Gasteiger partial charge in [-0.25, -0.2) is 4.39 Å². The van der Waals surface area contributed by atoms with Gasteiger partial charge in [0.05, 0.1) is 13.5 Å². The second kappa shape index (κ2) is 6.58. The van der Waals surface area contributed by atoms with Crippen LogP contribution in [-0.2, 0) is 16.1 Å². The Balaban J connectivity index is 2.54. The molecule has 0 spiro atoms. The number of amides is 1. The summed E-state index contributed by atoms with van der Waals surface area (Å²) in [6.45, 7) is 0.0966. The highest BCUT2D eigenvalue weighted by molar-refractivity contribution is 5.80. The normalized spacial score (nSPS) is 9.89. The van der Waals surface area contributed by atoms with E-state index in [2.05, 4.69) is 5.32 Å². The van der Waals surface area contributed by atoms with E-state index in [0.717, 1.165) is 0 Å². The highest BCUT2D eigenvalue weighted by Gasteiger charge is 2.08. The van der Waals surface area contributed by atoms with E-state index >= 15 is 0 Å². The van der Waals surface area contributed by atoms with Gasteiger partial charge in [0.1, 0.15) is 11.6 Å². The maximum absolute atomic E-state index is 13.0. The van der Waals surface area contributed by atoms with E-state index < -0.39 is 17.7 Å². The highest BCUT2D eigenvalue weighted by atomic mass is 19.1. The van der Waals surface area contributed by atoms with E-state index in [1.165, 1.54) is 25.3 Å². The lowest BCUT2D eigenvalue weighted by Crippen LogP contribution is -2.23. The minimum absolute atomic E-state index is 0.0966. The van der Waals surface area contributed by atoms with Crippen LogP contribution in [0, 0.1) is 5.82 Å². The number of hydrogen-bond donors (Lipinski definition) is 2. The number of carboxylic acids is 1. The number of ether oxygens (including phenoxy) is 1. The summed E-state index contributed by atoms with van der Waals surface area (Å²) < 4.78 is 18.0. The average Bonchev–Trinajstić information content (AvgIpc) is 2.34. The number of halogens is 1. The zero-order valence-corrected chi connectivity index (χ0v) is 9.90. The van der Waals surface area contributed by atoms with Gasteiger partial charge < -0.3 is 15.2 Å². The SMILES string of the molecule is COc1ccc(F)cc1CNC(=O)CCC(=O)O. The molecule has 2 N–H and O–H groups in total. The highest BCUT2D eigenvalue weighted by Crippen LogP contribution is 2.18. The Hall–Kier alpha value is -2.11. The van der Waals surface area contributed by atoms with Gasteiger partial charge in [-0.2, -0.15) is 0 Å². The Morgan fingerprint density at radius 3 is 2.72 bits per heavy atom. The van der Waals surface area contributed by atoms with Crippen LogP contribution in [0.4, 0.5) is 4.39 Å². The molecule has 0 saturated heterocycles. The molecule has 6 heteroatoms. The molecule has 18 heavy (non-hydrogen) atoms. The van der Waals surface area contributed by atoms with Gasteiger partial charge in [-0.05, 0) is 18.2 Å². The molecule has 0 aliphatic carbocycles. The second-order valence-corrected chi connectivity index (χ2v) is 3.63. The molecule has 1 rings (SSSR count). The van der Waals surface area contributed by atoms with Gasteiger partial charge in [-0.3, -0.25) is 9.59 Å². The lowest BCUT2D eigenvalue weighted by molar-refractivity contribution is -0.138. The molecule has 0 aliphatic rings.